The van der Waals surface area contributed by atoms with E-state index in [9.17, 15) is 4.79 Å². The van der Waals surface area contributed by atoms with Crippen LogP contribution >= 0.6 is 11.3 Å². The maximum absolute atomic E-state index is 12.7. The Balaban J connectivity index is 1.48. The van der Waals surface area contributed by atoms with Crippen molar-refractivity contribution in [2.45, 2.75) is 57.3 Å². The van der Waals surface area contributed by atoms with Gasteiger partial charge in [0.25, 0.3) is 5.91 Å². The van der Waals surface area contributed by atoms with E-state index in [1.165, 1.54) is 36.1 Å². The fourth-order valence-electron chi connectivity index (χ4n) is 3.89. The molecule has 1 fully saturated rings. The van der Waals surface area contributed by atoms with Crippen LogP contribution in [0.5, 0.6) is 0 Å². The van der Waals surface area contributed by atoms with Crippen LogP contribution in [-0.2, 0) is 19.9 Å². The smallest absolute Gasteiger partial charge is 0.268 e. The number of fused-ring (bicyclic) bond motifs is 1. The third kappa shape index (κ3) is 3.83. The summed E-state index contributed by atoms with van der Waals surface area (Å²) in [6.07, 6.45) is 9.38. The van der Waals surface area contributed by atoms with Gasteiger partial charge < -0.3 is 5.32 Å². The maximum atomic E-state index is 12.7. The number of hydrogen-bond acceptors (Lipinski definition) is 5. The molecule has 6 nitrogen and oxygen atoms in total. The summed E-state index contributed by atoms with van der Waals surface area (Å²) in [6.45, 7) is 2.01. The van der Waals surface area contributed by atoms with E-state index in [4.69, 9.17) is 0 Å². The number of nitrogens with one attached hydrogen (secondary N) is 2. The molecule has 0 spiro atoms. The number of aromatic nitrogens is 3. The summed E-state index contributed by atoms with van der Waals surface area (Å²) in [5, 5.41) is 10.9. The van der Waals surface area contributed by atoms with Gasteiger partial charge in [-0.3, -0.25) is 10.1 Å². The number of piperidine rings is 1. The lowest BCUT2D eigenvalue weighted by Crippen LogP contribution is -2.27. The lowest BCUT2D eigenvalue weighted by molar-refractivity contribution is 0.102. The van der Waals surface area contributed by atoms with E-state index in [2.05, 4.69) is 26.8 Å². The minimum absolute atomic E-state index is 0.0610. The summed E-state index contributed by atoms with van der Waals surface area (Å²) in [7, 11) is 1.85. The zero-order valence-electron chi connectivity index (χ0n) is 15.4. The van der Waals surface area contributed by atoms with Gasteiger partial charge in [-0.15, -0.1) is 11.3 Å². The van der Waals surface area contributed by atoms with Crippen LogP contribution in [0.4, 0.5) is 5.95 Å². The number of anilines is 1. The fourth-order valence-corrected chi connectivity index (χ4v) is 5.03. The number of carbonyl (C=O) groups excluding carboxylic acids is 1. The minimum atomic E-state index is -0.0610. The van der Waals surface area contributed by atoms with E-state index in [0.717, 1.165) is 49.5 Å². The molecule has 4 rings (SSSR count). The first-order valence-corrected chi connectivity index (χ1v) is 10.6. The van der Waals surface area contributed by atoms with Crippen molar-refractivity contribution >= 4 is 23.2 Å². The molecule has 0 bridgehead atoms. The van der Waals surface area contributed by atoms with E-state index < -0.39 is 0 Å². The summed E-state index contributed by atoms with van der Waals surface area (Å²) >= 11 is 1.65. The lowest BCUT2D eigenvalue weighted by atomic mass is 9.98. The van der Waals surface area contributed by atoms with Gasteiger partial charge in [0, 0.05) is 17.8 Å². The Hall–Kier alpha value is -1.73. The summed E-state index contributed by atoms with van der Waals surface area (Å²) in [5.74, 6) is 1.72. The SMILES string of the molecule is Cn1nc(C2CCNCC2)nc1NC(=O)c1cc2c(s1)CCCCCC2. The Morgan fingerprint density at radius 1 is 1.23 bits per heavy atom. The Labute approximate surface area is 158 Å². The molecule has 1 aliphatic carbocycles. The van der Waals surface area contributed by atoms with Crippen LogP contribution in [0.2, 0.25) is 0 Å². The van der Waals surface area contributed by atoms with Crippen molar-refractivity contribution in [3.8, 4) is 0 Å². The van der Waals surface area contributed by atoms with Gasteiger partial charge in [0.2, 0.25) is 5.95 Å². The summed E-state index contributed by atoms with van der Waals surface area (Å²) < 4.78 is 1.69. The van der Waals surface area contributed by atoms with E-state index in [-0.39, 0.29) is 5.91 Å². The van der Waals surface area contributed by atoms with Crippen LogP contribution in [0.3, 0.4) is 0 Å². The average Bonchev–Trinajstić information content (AvgIpc) is 3.19. The van der Waals surface area contributed by atoms with Crippen LogP contribution in [-0.4, -0.2) is 33.8 Å². The number of carbonyl (C=O) groups is 1. The average molecular weight is 374 g/mol. The Morgan fingerprint density at radius 2 is 2.00 bits per heavy atom. The van der Waals surface area contributed by atoms with Crippen molar-refractivity contribution in [2.24, 2.45) is 7.05 Å². The monoisotopic (exact) mass is 373 g/mol. The predicted octanol–water partition coefficient (Wildman–Crippen LogP) is 3.25. The number of amides is 1. The summed E-state index contributed by atoms with van der Waals surface area (Å²) in [6, 6.07) is 2.09. The molecule has 0 aromatic carbocycles. The second-order valence-corrected chi connectivity index (χ2v) is 8.51. The molecule has 0 saturated carbocycles. The molecule has 1 saturated heterocycles. The van der Waals surface area contributed by atoms with Gasteiger partial charge in [-0.05, 0) is 63.2 Å². The standard InChI is InChI=1S/C19H27N5OS/c1-24-19(21-17(23-24)13-8-10-20-11-9-13)22-18(25)16-12-14-6-4-2-3-5-7-15(14)26-16/h12-13,20H,2-11H2,1H3,(H,21,22,23,25). The second kappa shape index (κ2) is 7.88. The quantitative estimate of drug-likeness (QED) is 0.866. The van der Waals surface area contributed by atoms with E-state index in [1.54, 1.807) is 16.0 Å². The molecule has 0 unspecified atom stereocenters. The normalized spacial score (nSPS) is 18.8. The van der Waals surface area contributed by atoms with Crippen LogP contribution in [0.25, 0.3) is 0 Å². The molecule has 1 aliphatic heterocycles. The molecule has 0 atom stereocenters. The number of rotatable bonds is 3. The van der Waals surface area contributed by atoms with Crippen molar-refractivity contribution < 1.29 is 4.79 Å². The van der Waals surface area contributed by atoms with E-state index in [1.807, 2.05) is 7.05 Å². The number of nitrogens with zero attached hydrogens (tertiary/aromatic N) is 3. The van der Waals surface area contributed by atoms with Gasteiger partial charge in [-0.25, -0.2) is 4.68 Å². The molecule has 2 aromatic rings. The third-order valence-corrected chi connectivity index (χ3v) is 6.67. The highest BCUT2D eigenvalue weighted by Gasteiger charge is 2.22. The van der Waals surface area contributed by atoms with Crippen molar-refractivity contribution in [1.82, 2.24) is 20.1 Å². The first-order chi connectivity index (χ1) is 12.7. The minimum Gasteiger partial charge on any atom is -0.317 e. The highest BCUT2D eigenvalue weighted by atomic mass is 32.1. The molecule has 2 N–H and O–H groups in total. The van der Waals surface area contributed by atoms with Gasteiger partial charge in [0.1, 0.15) is 0 Å². The molecule has 2 aliphatic rings. The molecular weight excluding hydrogens is 346 g/mol. The first kappa shape index (κ1) is 17.7. The van der Waals surface area contributed by atoms with Crippen LogP contribution < -0.4 is 10.6 Å². The maximum Gasteiger partial charge on any atom is 0.268 e. The molecule has 7 heteroatoms. The number of aryl methyl sites for hydroxylation is 3. The Bertz CT molecular complexity index is 749. The van der Waals surface area contributed by atoms with Crippen molar-refractivity contribution in [3.63, 3.8) is 0 Å². The zero-order chi connectivity index (χ0) is 17.9. The molecular formula is C19H27N5OS. The van der Waals surface area contributed by atoms with Gasteiger partial charge in [-0.2, -0.15) is 10.1 Å². The van der Waals surface area contributed by atoms with Crippen LogP contribution in [0.15, 0.2) is 6.07 Å². The fraction of sp³-hybridized carbons (Fsp3) is 0.632. The zero-order valence-corrected chi connectivity index (χ0v) is 16.2. The van der Waals surface area contributed by atoms with Gasteiger partial charge in [0.15, 0.2) is 5.82 Å². The van der Waals surface area contributed by atoms with Crippen LogP contribution in [0.1, 0.15) is 70.4 Å². The van der Waals surface area contributed by atoms with Crippen molar-refractivity contribution in [1.29, 1.82) is 0 Å². The van der Waals surface area contributed by atoms with Crippen molar-refractivity contribution in [2.75, 3.05) is 18.4 Å². The lowest BCUT2D eigenvalue weighted by Gasteiger charge is -2.19. The van der Waals surface area contributed by atoms with E-state index >= 15 is 0 Å². The second-order valence-electron chi connectivity index (χ2n) is 7.37. The highest BCUT2D eigenvalue weighted by molar-refractivity contribution is 7.14. The third-order valence-electron chi connectivity index (χ3n) is 5.43. The predicted molar refractivity (Wildman–Crippen MR) is 104 cm³/mol. The van der Waals surface area contributed by atoms with Gasteiger partial charge in [-0.1, -0.05) is 12.8 Å². The van der Waals surface area contributed by atoms with E-state index in [0.29, 0.717) is 11.9 Å². The molecule has 2 aromatic heterocycles. The highest BCUT2D eigenvalue weighted by Crippen LogP contribution is 2.29. The molecule has 0 radical (unpaired) electrons. The number of thiophene rings is 1. The van der Waals surface area contributed by atoms with Crippen LogP contribution in [0, 0.1) is 0 Å². The first-order valence-electron chi connectivity index (χ1n) is 9.75. The summed E-state index contributed by atoms with van der Waals surface area (Å²) in [4.78, 5) is 19.5. The molecule has 3 heterocycles. The largest absolute Gasteiger partial charge is 0.317 e. The molecule has 26 heavy (non-hydrogen) atoms. The van der Waals surface area contributed by atoms with Gasteiger partial charge >= 0.3 is 0 Å². The summed E-state index contributed by atoms with van der Waals surface area (Å²) in [5.41, 5.74) is 1.37. The van der Waals surface area contributed by atoms with Crippen molar-refractivity contribution in [3.05, 3.63) is 27.2 Å². The van der Waals surface area contributed by atoms with Gasteiger partial charge in [0.05, 0.1) is 4.88 Å². The number of hydrogen-bond donors (Lipinski definition) is 2. The molecule has 1 amide bonds. The Morgan fingerprint density at radius 3 is 2.81 bits per heavy atom. The molecule has 140 valence electrons. The topological polar surface area (TPSA) is 71.8 Å². The Kier molecular flexibility index (Phi) is 5.36.